The zero-order valence-electron chi connectivity index (χ0n) is 28.9. The van der Waals surface area contributed by atoms with E-state index in [9.17, 15) is 0 Å². The van der Waals surface area contributed by atoms with E-state index >= 15 is 0 Å². The lowest BCUT2D eigenvalue weighted by Crippen LogP contribution is -2.10. The van der Waals surface area contributed by atoms with Crippen LogP contribution in [0, 0.1) is 0 Å². The van der Waals surface area contributed by atoms with Gasteiger partial charge in [-0.05, 0) is 77.4 Å². The van der Waals surface area contributed by atoms with Crippen LogP contribution in [0.15, 0.2) is 195 Å². The number of hydrogen-bond donors (Lipinski definition) is 0. The van der Waals surface area contributed by atoms with Crippen molar-refractivity contribution in [2.75, 3.05) is 4.90 Å². The van der Waals surface area contributed by atoms with Crippen molar-refractivity contribution in [2.45, 2.75) is 0 Å². The van der Waals surface area contributed by atoms with E-state index in [0.717, 1.165) is 94.3 Å². The third kappa shape index (κ3) is 4.83. The monoisotopic (exact) mass is 694 g/mol. The van der Waals surface area contributed by atoms with Crippen LogP contribution in [0.25, 0.3) is 88.7 Å². The lowest BCUT2D eigenvalue weighted by molar-refractivity contribution is 0.620. The Balaban J connectivity index is 1.08. The molecule has 3 aromatic heterocycles. The van der Waals surface area contributed by atoms with Gasteiger partial charge in [0.25, 0.3) is 0 Å². The Morgan fingerprint density at radius 2 is 0.963 bits per heavy atom. The standard InChI is InChI=1S/C49H30N2O3/c1-3-12-31(13-4-1)32-22-26-35(27-23-32)51(41-19-11-18-38-37-16-7-9-20-42(37)53-47(38)41)36-28-24-33(25-29-36)40-30-44-45(39-17-8-10-21-43(39)52-44)46-48(40)54-49(50-46)34-14-5-2-6-15-34/h1-30H. The predicted molar refractivity (Wildman–Crippen MR) is 220 cm³/mol. The van der Waals surface area contributed by atoms with Gasteiger partial charge in [-0.15, -0.1) is 0 Å². The molecule has 0 radical (unpaired) electrons. The van der Waals surface area contributed by atoms with Crippen LogP contribution in [0.5, 0.6) is 0 Å². The molecule has 0 bridgehead atoms. The first-order valence-corrected chi connectivity index (χ1v) is 18.0. The van der Waals surface area contributed by atoms with E-state index < -0.39 is 0 Å². The van der Waals surface area contributed by atoms with E-state index in [1.165, 1.54) is 5.56 Å². The van der Waals surface area contributed by atoms with Gasteiger partial charge in [-0.3, -0.25) is 0 Å². The molecule has 0 saturated heterocycles. The smallest absolute Gasteiger partial charge is 0.227 e. The third-order valence-electron chi connectivity index (χ3n) is 10.3. The molecular weight excluding hydrogens is 665 g/mol. The Morgan fingerprint density at radius 1 is 0.389 bits per heavy atom. The van der Waals surface area contributed by atoms with Gasteiger partial charge in [0.05, 0.1) is 11.1 Å². The summed E-state index contributed by atoms with van der Waals surface area (Å²) in [6, 6.07) is 62.6. The number of furan rings is 2. The van der Waals surface area contributed by atoms with E-state index in [1.54, 1.807) is 0 Å². The van der Waals surface area contributed by atoms with Crippen molar-refractivity contribution in [1.29, 1.82) is 0 Å². The molecule has 0 aliphatic carbocycles. The summed E-state index contributed by atoms with van der Waals surface area (Å²) < 4.78 is 19.6. The molecule has 11 rings (SSSR count). The van der Waals surface area contributed by atoms with E-state index in [0.29, 0.717) is 5.89 Å². The van der Waals surface area contributed by atoms with Crippen molar-refractivity contribution in [3.63, 3.8) is 0 Å². The van der Waals surface area contributed by atoms with E-state index in [1.807, 2.05) is 66.7 Å². The summed E-state index contributed by atoms with van der Waals surface area (Å²) in [6.07, 6.45) is 0. The zero-order valence-corrected chi connectivity index (χ0v) is 28.9. The van der Waals surface area contributed by atoms with Gasteiger partial charge in [0.1, 0.15) is 22.3 Å². The van der Waals surface area contributed by atoms with Gasteiger partial charge in [0, 0.05) is 38.7 Å². The highest BCUT2D eigenvalue weighted by Crippen LogP contribution is 2.45. The average molecular weight is 695 g/mol. The van der Waals surface area contributed by atoms with Crippen LogP contribution in [0.2, 0.25) is 0 Å². The maximum atomic E-state index is 6.63. The molecule has 0 aliphatic rings. The van der Waals surface area contributed by atoms with E-state index in [2.05, 4.69) is 120 Å². The molecule has 0 atom stereocenters. The van der Waals surface area contributed by atoms with Crippen molar-refractivity contribution in [2.24, 2.45) is 0 Å². The Morgan fingerprint density at radius 3 is 1.69 bits per heavy atom. The Labute approximate surface area is 309 Å². The lowest BCUT2D eigenvalue weighted by atomic mass is 10.0. The van der Waals surface area contributed by atoms with Gasteiger partial charge in [-0.25, -0.2) is 4.98 Å². The van der Waals surface area contributed by atoms with Crippen molar-refractivity contribution in [3.05, 3.63) is 182 Å². The Hall–Kier alpha value is -7.37. The summed E-state index contributed by atoms with van der Waals surface area (Å²) in [6.45, 7) is 0. The number of fused-ring (bicyclic) bond motifs is 8. The maximum Gasteiger partial charge on any atom is 0.227 e. The number of anilines is 3. The van der Waals surface area contributed by atoms with E-state index in [-0.39, 0.29) is 0 Å². The Bertz CT molecular complexity index is 3140. The first-order valence-electron chi connectivity index (χ1n) is 18.0. The second kappa shape index (κ2) is 12.1. The number of para-hydroxylation sites is 3. The SMILES string of the molecule is c1ccc(-c2ccc(N(c3ccc(-c4cc5oc6ccccc6c5c5nc(-c6ccccc6)oc45)cc3)c3cccc4c3oc3ccccc34)cc2)cc1. The fraction of sp³-hybridized carbons (Fsp3) is 0. The molecule has 11 aromatic rings. The fourth-order valence-corrected chi connectivity index (χ4v) is 7.76. The number of oxazole rings is 1. The van der Waals surface area contributed by atoms with Gasteiger partial charge in [0.15, 0.2) is 11.2 Å². The summed E-state index contributed by atoms with van der Waals surface area (Å²) >= 11 is 0. The minimum absolute atomic E-state index is 0.574. The molecule has 3 heterocycles. The zero-order chi connectivity index (χ0) is 35.6. The quantitative estimate of drug-likeness (QED) is 0.173. The predicted octanol–water partition coefficient (Wildman–Crippen LogP) is 14.1. The highest BCUT2D eigenvalue weighted by Gasteiger charge is 2.23. The molecule has 5 nitrogen and oxygen atoms in total. The molecule has 254 valence electrons. The molecule has 54 heavy (non-hydrogen) atoms. The molecule has 0 saturated carbocycles. The molecule has 0 N–H and O–H groups in total. The largest absolute Gasteiger partial charge is 0.456 e. The minimum atomic E-state index is 0.574. The molecule has 0 aliphatic heterocycles. The summed E-state index contributed by atoms with van der Waals surface area (Å²) in [4.78, 5) is 7.34. The number of rotatable bonds is 6. The molecule has 0 spiro atoms. The molecule has 8 aromatic carbocycles. The third-order valence-corrected chi connectivity index (χ3v) is 10.3. The minimum Gasteiger partial charge on any atom is -0.456 e. The first-order chi connectivity index (χ1) is 26.8. The van der Waals surface area contributed by atoms with Crippen molar-refractivity contribution < 1.29 is 13.3 Å². The number of aromatic nitrogens is 1. The number of nitrogens with zero attached hydrogens (tertiary/aromatic N) is 2. The van der Waals surface area contributed by atoms with Crippen LogP contribution in [-0.4, -0.2) is 4.98 Å². The summed E-state index contributed by atoms with van der Waals surface area (Å²) in [7, 11) is 0. The van der Waals surface area contributed by atoms with Gasteiger partial charge < -0.3 is 18.2 Å². The fourth-order valence-electron chi connectivity index (χ4n) is 7.76. The average Bonchev–Trinajstić information content (AvgIpc) is 3.96. The van der Waals surface area contributed by atoms with Crippen LogP contribution >= 0.6 is 0 Å². The molecule has 0 fully saturated rings. The highest BCUT2D eigenvalue weighted by atomic mass is 16.4. The molecule has 0 unspecified atom stereocenters. The topological polar surface area (TPSA) is 55.6 Å². The lowest BCUT2D eigenvalue weighted by Gasteiger charge is -2.26. The van der Waals surface area contributed by atoms with Crippen LogP contribution in [0.4, 0.5) is 17.1 Å². The highest BCUT2D eigenvalue weighted by molar-refractivity contribution is 6.20. The van der Waals surface area contributed by atoms with Crippen molar-refractivity contribution in [3.8, 4) is 33.7 Å². The summed E-state index contributed by atoms with van der Waals surface area (Å²) in [5.74, 6) is 0.574. The Kier molecular flexibility index (Phi) is 6.79. The van der Waals surface area contributed by atoms with Crippen molar-refractivity contribution in [1.82, 2.24) is 4.98 Å². The number of benzene rings is 8. The summed E-state index contributed by atoms with van der Waals surface area (Å²) in [5, 5.41) is 4.14. The normalized spacial score (nSPS) is 11.7. The van der Waals surface area contributed by atoms with Gasteiger partial charge in [-0.1, -0.05) is 121 Å². The van der Waals surface area contributed by atoms with Gasteiger partial charge in [-0.2, -0.15) is 0 Å². The summed E-state index contributed by atoms with van der Waals surface area (Å²) in [5.41, 5.74) is 12.9. The first kappa shape index (κ1) is 30.3. The molecular formula is C49H30N2O3. The van der Waals surface area contributed by atoms with E-state index in [4.69, 9.17) is 18.2 Å². The van der Waals surface area contributed by atoms with Crippen LogP contribution in [-0.2, 0) is 0 Å². The number of hydrogen-bond acceptors (Lipinski definition) is 5. The van der Waals surface area contributed by atoms with Crippen LogP contribution < -0.4 is 4.90 Å². The molecule has 0 amide bonds. The van der Waals surface area contributed by atoms with Gasteiger partial charge in [0.2, 0.25) is 5.89 Å². The second-order valence-corrected chi connectivity index (χ2v) is 13.5. The van der Waals surface area contributed by atoms with Crippen LogP contribution in [0.1, 0.15) is 0 Å². The molecule has 5 heteroatoms. The van der Waals surface area contributed by atoms with Crippen LogP contribution in [0.3, 0.4) is 0 Å². The maximum absolute atomic E-state index is 6.63. The van der Waals surface area contributed by atoms with Gasteiger partial charge >= 0.3 is 0 Å². The van der Waals surface area contributed by atoms with Crippen molar-refractivity contribution >= 4 is 72.0 Å². The second-order valence-electron chi connectivity index (χ2n) is 13.5.